The van der Waals surface area contributed by atoms with E-state index in [0.717, 1.165) is 0 Å². The minimum atomic E-state index is -9.45. The van der Waals surface area contributed by atoms with E-state index in [1.165, 1.54) is 9.47 Å². The normalized spacial score (nSPS) is 25.0. The van der Waals surface area contributed by atoms with E-state index in [0.29, 0.717) is 0 Å². The van der Waals surface area contributed by atoms with Crippen LogP contribution in [-0.4, -0.2) is 101 Å². The number of aliphatic hydroxyl groups is 1. The van der Waals surface area contributed by atoms with E-state index in [-0.39, 0.29) is 0 Å². The fourth-order valence-corrected chi connectivity index (χ4v) is 3.10. The van der Waals surface area contributed by atoms with Gasteiger partial charge in [0.25, 0.3) is 0 Å². The number of rotatable bonds is 13. The molecule has 288 valence electrons. The van der Waals surface area contributed by atoms with Crippen molar-refractivity contribution < 1.29 is 142 Å². The molecule has 0 aliphatic carbocycles. The number of ether oxygens (including phenoxy) is 2. The van der Waals surface area contributed by atoms with Gasteiger partial charge in [0, 0.05) is 0 Å². The molecule has 0 bridgehead atoms. The molecule has 1 aliphatic heterocycles. The summed E-state index contributed by atoms with van der Waals surface area (Å²) in [5.74, 6) is -108. The molecule has 0 spiro atoms. The summed E-state index contributed by atoms with van der Waals surface area (Å²) < 4.78 is 394. The number of hydrogen-bond acceptors (Lipinski definition) is 3. The Labute approximate surface area is 239 Å². The molecule has 1 heterocycles. The van der Waals surface area contributed by atoms with Gasteiger partial charge in [-0.1, -0.05) is 0 Å². The van der Waals surface area contributed by atoms with Crippen molar-refractivity contribution in [2.24, 2.45) is 0 Å². The monoisotopic (exact) mass is 794 g/mol. The molecule has 0 aromatic carbocycles. The molecule has 32 heteroatoms. The Morgan fingerprint density at radius 1 is 0.396 bits per heavy atom. The first-order valence-corrected chi connectivity index (χ1v) is 10.2. The van der Waals surface area contributed by atoms with Crippen molar-refractivity contribution in [2.75, 3.05) is 0 Å². The second kappa shape index (κ2) is 10.7. The van der Waals surface area contributed by atoms with Gasteiger partial charge in [-0.15, -0.1) is 0 Å². The van der Waals surface area contributed by atoms with E-state index in [2.05, 4.69) is 0 Å². The Bertz CT molecular complexity index is 1200. The maximum Gasteiger partial charge on any atom is 0.424 e. The van der Waals surface area contributed by atoms with Gasteiger partial charge in [0.05, 0.1) is 0 Å². The van der Waals surface area contributed by atoms with Gasteiger partial charge in [0.15, 0.2) is 0 Å². The second-order valence-electron chi connectivity index (χ2n) is 8.92. The Morgan fingerprint density at radius 3 is 0.917 bits per heavy atom. The third-order valence-corrected chi connectivity index (χ3v) is 5.90. The minimum absolute atomic E-state index is 1.37. The van der Waals surface area contributed by atoms with E-state index in [9.17, 15) is 127 Å². The molecule has 3 nitrogen and oxygen atoms in total. The van der Waals surface area contributed by atoms with Crippen molar-refractivity contribution in [3.05, 3.63) is 0 Å². The van der Waals surface area contributed by atoms with E-state index < -0.39 is 95.9 Å². The number of halogens is 29. The van der Waals surface area contributed by atoms with Crippen molar-refractivity contribution in [1.82, 2.24) is 0 Å². The highest BCUT2D eigenvalue weighted by molar-refractivity contribution is 5.20. The smallest absolute Gasteiger partial charge is 0.332 e. The highest BCUT2D eigenvalue weighted by atomic mass is 19.4. The summed E-state index contributed by atoms with van der Waals surface area (Å²) in [6, 6.07) is 0. The van der Waals surface area contributed by atoms with Crippen LogP contribution in [-0.2, 0) is 9.47 Å². The van der Waals surface area contributed by atoms with Crippen molar-refractivity contribution in [3.8, 4) is 0 Å². The quantitative estimate of drug-likeness (QED) is 0.191. The van der Waals surface area contributed by atoms with Crippen LogP contribution in [0.15, 0.2) is 0 Å². The van der Waals surface area contributed by atoms with Crippen molar-refractivity contribution >= 4 is 0 Å². The molecule has 2 atom stereocenters. The predicted octanol–water partition coefficient (Wildman–Crippen LogP) is 8.46. The Balaban J connectivity index is 4.22. The molecule has 0 radical (unpaired) electrons. The highest BCUT2D eigenvalue weighted by Crippen LogP contribution is 2.71. The molecule has 0 saturated carbocycles. The third-order valence-electron chi connectivity index (χ3n) is 5.90. The van der Waals surface area contributed by atoms with Crippen LogP contribution in [0.4, 0.5) is 127 Å². The lowest BCUT2D eigenvalue weighted by Gasteiger charge is -2.45. The Kier molecular flexibility index (Phi) is 9.76. The molecule has 1 fully saturated rings. The van der Waals surface area contributed by atoms with Crippen LogP contribution in [0.3, 0.4) is 0 Å². The Morgan fingerprint density at radius 2 is 0.667 bits per heavy atom. The van der Waals surface area contributed by atoms with E-state index in [1.807, 2.05) is 0 Å². The summed E-state index contributed by atoms with van der Waals surface area (Å²) in [4.78, 5) is 0. The van der Waals surface area contributed by atoms with Crippen LogP contribution in [0.25, 0.3) is 0 Å². The summed E-state index contributed by atoms with van der Waals surface area (Å²) in [7, 11) is 0. The fourth-order valence-electron chi connectivity index (χ4n) is 3.10. The molecule has 1 N–H and O–H groups in total. The molecule has 1 saturated heterocycles. The van der Waals surface area contributed by atoms with Gasteiger partial charge in [-0.3, -0.25) is 9.47 Å². The zero-order valence-electron chi connectivity index (χ0n) is 20.4. The van der Waals surface area contributed by atoms with Crippen molar-refractivity contribution in [1.29, 1.82) is 0 Å². The summed E-state index contributed by atoms with van der Waals surface area (Å²) in [5.41, 5.74) is 0. The fraction of sp³-hybridized carbons (Fsp3) is 1.00. The van der Waals surface area contributed by atoms with Crippen LogP contribution in [0.1, 0.15) is 0 Å². The number of alkyl halides is 29. The molecule has 0 amide bonds. The highest BCUT2D eigenvalue weighted by Gasteiger charge is 3.02. The SMILES string of the molecule is OC(F)(F)C1(C(F)(F)C(F)(F)C(F)(F)C(F)(F)C(F)(F)C(F)F)OC(F)(F)C(F)(C(F)(F)C(F)(F)C(F)(F)C(F)(F)C(F)(F)C(F)F)O1. The topological polar surface area (TPSA) is 38.7 Å². The van der Waals surface area contributed by atoms with Crippen LogP contribution >= 0.6 is 0 Å². The summed E-state index contributed by atoms with van der Waals surface area (Å²) in [5, 5.41) is 8.29. The Hall–Kier alpha value is -2.15. The summed E-state index contributed by atoms with van der Waals surface area (Å²) >= 11 is 0. The lowest BCUT2D eigenvalue weighted by molar-refractivity contribution is -0.510. The zero-order chi connectivity index (χ0) is 39.6. The molecular formula is C16H3F29O3. The van der Waals surface area contributed by atoms with E-state index in [1.54, 1.807) is 0 Å². The van der Waals surface area contributed by atoms with Gasteiger partial charge in [0.1, 0.15) is 0 Å². The van der Waals surface area contributed by atoms with Gasteiger partial charge in [-0.05, 0) is 0 Å². The van der Waals surface area contributed by atoms with Crippen LogP contribution in [0.5, 0.6) is 0 Å². The van der Waals surface area contributed by atoms with Gasteiger partial charge in [-0.2, -0.15) is 110 Å². The molecule has 2 unspecified atom stereocenters. The summed E-state index contributed by atoms with van der Waals surface area (Å²) in [6.07, 6.45) is -29.6. The molecule has 48 heavy (non-hydrogen) atoms. The van der Waals surface area contributed by atoms with E-state index >= 15 is 0 Å². The average molecular weight is 794 g/mol. The van der Waals surface area contributed by atoms with Crippen LogP contribution in [0.2, 0.25) is 0 Å². The maximum atomic E-state index is 14.7. The largest absolute Gasteiger partial charge is 0.424 e. The van der Waals surface area contributed by atoms with Gasteiger partial charge < -0.3 is 5.11 Å². The molecule has 0 aromatic rings. The molecule has 1 aliphatic rings. The maximum absolute atomic E-state index is 14.7. The first-order chi connectivity index (χ1) is 20.3. The van der Waals surface area contributed by atoms with Crippen molar-refractivity contribution in [2.45, 2.75) is 95.9 Å². The average Bonchev–Trinajstić information content (AvgIpc) is 3.10. The minimum Gasteiger partial charge on any atom is -0.332 e. The molecule has 0 aromatic heterocycles. The predicted molar refractivity (Wildman–Crippen MR) is 82.3 cm³/mol. The zero-order valence-corrected chi connectivity index (χ0v) is 20.4. The summed E-state index contributed by atoms with van der Waals surface area (Å²) in [6.45, 7) is 0. The van der Waals surface area contributed by atoms with Gasteiger partial charge in [-0.25, -0.2) is 17.6 Å². The first kappa shape index (κ1) is 43.9. The van der Waals surface area contributed by atoms with Crippen molar-refractivity contribution in [3.63, 3.8) is 0 Å². The van der Waals surface area contributed by atoms with E-state index in [4.69, 9.17) is 5.11 Å². The number of hydrogen-bond donors (Lipinski definition) is 1. The van der Waals surface area contributed by atoms with Crippen LogP contribution < -0.4 is 0 Å². The first-order valence-electron chi connectivity index (χ1n) is 10.2. The second-order valence-corrected chi connectivity index (χ2v) is 8.92. The lowest BCUT2D eigenvalue weighted by Crippen LogP contribution is -2.77. The molecule has 1 rings (SSSR count). The van der Waals surface area contributed by atoms with Gasteiger partial charge in [0.2, 0.25) is 0 Å². The van der Waals surface area contributed by atoms with Crippen LogP contribution in [0, 0.1) is 0 Å². The lowest BCUT2D eigenvalue weighted by atomic mass is 9.89. The third kappa shape index (κ3) is 4.78. The standard InChI is InChI=1S/C16H3F29O3/c17-1(18)3(21,22)5(25,26)7(29,30)9(33,34)11(37,38)13(41)16(44,45)48-14(47-13,15(42,43)46)12(39,40)10(35,36)8(31,32)6(27,28)4(23,24)2(19)20/h1-2,46H. The van der Waals surface area contributed by atoms with Gasteiger partial charge >= 0.3 is 95.9 Å². The molecular weight excluding hydrogens is 791 g/mol.